The SMILES string of the molecule is CC1CN(C2=NC(=O)C(=Cc3ccc4c(cnn4Cc4ccc(C(F)(F)F)cc4C(F)(F)F)c3)S2)CC(C)N1. The summed E-state index contributed by atoms with van der Waals surface area (Å²) in [7, 11) is 0. The predicted molar refractivity (Wildman–Crippen MR) is 137 cm³/mol. The number of hydrogen-bond acceptors (Lipinski definition) is 5. The van der Waals surface area contributed by atoms with Crippen LogP contribution in [0.25, 0.3) is 17.0 Å². The van der Waals surface area contributed by atoms with Crippen LogP contribution in [-0.4, -0.2) is 50.9 Å². The minimum atomic E-state index is -4.97. The molecule has 2 aliphatic heterocycles. The Hall–Kier alpha value is -3.32. The summed E-state index contributed by atoms with van der Waals surface area (Å²) in [6.07, 6.45) is -6.70. The Balaban J connectivity index is 1.37. The van der Waals surface area contributed by atoms with Crippen molar-refractivity contribution >= 4 is 39.8 Å². The number of nitrogens with one attached hydrogen (secondary N) is 1. The first kappa shape index (κ1) is 27.3. The summed E-state index contributed by atoms with van der Waals surface area (Å²) in [5.74, 6) is -0.341. The lowest BCUT2D eigenvalue weighted by atomic mass is 10.0. The van der Waals surface area contributed by atoms with Gasteiger partial charge in [-0.25, -0.2) is 0 Å². The second kappa shape index (κ2) is 10.0. The molecule has 0 spiro atoms. The highest BCUT2D eigenvalue weighted by Crippen LogP contribution is 2.38. The monoisotopic (exact) mass is 567 g/mol. The Morgan fingerprint density at radius 3 is 2.41 bits per heavy atom. The average Bonchev–Trinajstić information content (AvgIpc) is 3.40. The summed E-state index contributed by atoms with van der Waals surface area (Å²) in [5.41, 5.74) is -1.88. The first-order chi connectivity index (χ1) is 18.3. The number of piperazine rings is 1. The normalized spacial score (nSPS) is 21.7. The number of amides is 1. The van der Waals surface area contributed by atoms with Crippen LogP contribution >= 0.6 is 11.8 Å². The lowest BCUT2D eigenvalue weighted by Gasteiger charge is -2.36. The van der Waals surface area contributed by atoms with Gasteiger partial charge >= 0.3 is 12.4 Å². The first-order valence-corrected chi connectivity index (χ1v) is 12.9. The molecule has 206 valence electrons. The summed E-state index contributed by atoms with van der Waals surface area (Å²) in [4.78, 5) is 19.3. The standard InChI is InChI=1S/C26H23F6N5OS/c1-14-11-36(12-15(2)34-14)24-35-23(38)22(39-24)8-16-3-6-21-18(7-16)10-33-37(21)13-17-4-5-19(25(27,28)29)9-20(17)26(30,31)32/h3-10,14-15,34H,11-13H2,1-2H3. The summed E-state index contributed by atoms with van der Waals surface area (Å²) in [5, 5.41) is 8.85. The number of nitrogens with zero attached hydrogens (tertiary/aromatic N) is 4. The molecule has 2 unspecified atom stereocenters. The van der Waals surface area contributed by atoms with Crippen molar-refractivity contribution in [2.45, 2.75) is 44.8 Å². The maximum absolute atomic E-state index is 13.6. The van der Waals surface area contributed by atoms with Gasteiger partial charge in [0.05, 0.1) is 34.3 Å². The highest BCUT2D eigenvalue weighted by Gasteiger charge is 2.38. The van der Waals surface area contributed by atoms with Gasteiger partial charge in [-0.2, -0.15) is 36.4 Å². The molecule has 5 rings (SSSR count). The van der Waals surface area contributed by atoms with E-state index < -0.39 is 23.5 Å². The molecule has 3 aromatic rings. The molecule has 0 aliphatic carbocycles. The average molecular weight is 568 g/mol. The number of carbonyl (C=O) groups excluding carboxylic acids is 1. The van der Waals surface area contributed by atoms with Gasteiger partial charge in [0.2, 0.25) is 0 Å². The van der Waals surface area contributed by atoms with E-state index in [9.17, 15) is 31.1 Å². The van der Waals surface area contributed by atoms with Gasteiger partial charge in [-0.15, -0.1) is 0 Å². The molecule has 2 aromatic carbocycles. The maximum Gasteiger partial charge on any atom is 0.416 e. The number of benzene rings is 2. The van der Waals surface area contributed by atoms with E-state index in [0.717, 1.165) is 19.2 Å². The number of carbonyl (C=O) groups is 1. The topological polar surface area (TPSA) is 62.5 Å². The Morgan fingerprint density at radius 1 is 1.03 bits per heavy atom. The van der Waals surface area contributed by atoms with Crippen molar-refractivity contribution in [3.8, 4) is 0 Å². The summed E-state index contributed by atoms with van der Waals surface area (Å²) in [6.45, 7) is 5.23. The van der Waals surface area contributed by atoms with Crippen LogP contribution in [0.4, 0.5) is 26.3 Å². The van der Waals surface area contributed by atoms with E-state index >= 15 is 0 Å². The number of halogens is 6. The zero-order valence-electron chi connectivity index (χ0n) is 20.8. The van der Waals surface area contributed by atoms with E-state index in [1.807, 2.05) is 0 Å². The Morgan fingerprint density at radius 2 is 1.74 bits per heavy atom. The number of alkyl halides is 6. The Labute approximate surface area is 223 Å². The third-order valence-corrected chi connectivity index (χ3v) is 7.51. The lowest BCUT2D eigenvalue weighted by molar-refractivity contribution is -0.143. The van der Waals surface area contributed by atoms with E-state index in [1.54, 1.807) is 24.3 Å². The quantitative estimate of drug-likeness (QED) is 0.322. The van der Waals surface area contributed by atoms with Crippen LogP contribution in [-0.2, 0) is 23.7 Å². The molecule has 13 heteroatoms. The van der Waals surface area contributed by atoms with Crippen molar-refractivity contribution in [3.05, 3.63) is 69.8 Å². The van der Waals surface area contributed by atoms with E-state index in [1.165, 1.54) is 22.6 Å². The minimum absolute atomic E-state index is 0.125. The number of aromatic nitrogens is 2. The fourth-order valence-electron chi connectivity index (χ4n) is 4.80. The van der Waals surface area contributed by atoms with Crippen LogP contribution in [0.1, 0.15) is 36.1 Å². The van der Waals surface area contributed by atoms with Gasteiger partial charge < -0.3 is 10.2 Å². The Bertz CT molecular complexity index is 1480. The van der Waals surface area contributed by atoms with Crippen molar-refractivity contribution < 1.29 is 31.1 Å². The van der Waals surface area contributed by atoms with Crippen molar-refractivity contribution in [2.24, 2.45) is 4.99 Å². The van der Waals surface area contributed by atoms with E-state index in [0.29, 0.717) is 32.6 Å². The molecule has 2 aliphatic rings. The number of amidine groups is 1. The third kappa shape index (κ3) is 5.83. The highest BCUT2D eigenvalue weighted by molar-refractivity contribution is 8.18. The molecule has 0 saturated carbocycles. The van der Waals surface area contributed by atoms with Crippen LogP contribution in [0.5, 0.6) is 0 Å². The molecule has 0 radical (unpaired) electrons. The second-order valence-corrected chi connectivity index (χ2v) is 10.7. The number of fused-ring (bicyclic) bond motifs is 1. The van der Waals surface area contributed by atoms with Gasteiger partial charge in [-0.1, -0.05) is 12.1 Å². The number of thioether (sulfide) groups is 1. The molecule has 6 nitrogen and oxygen atoms in total. The molecule has 1 saturated heterocycles. The molecule has 39 heavy (non-hydrogen) atoms. The van der Waals surface area contributed by atoms with Gasteiger partial charge in [0, 0.05) is 30.6 Å². The van der Waals surface area contributed by atoms with Crippen LogP contribution in [0, 0.1) is 0 Å². The van der Waals surface area contributed by atoms with Crippen LogP contribution in [0.15, 0.2) is 52.5 Å². The minimum Gasteiger partial charge on any atom is -0.348 e. The second-order valence-electron chi connectivity index (χ2n) is 9.67. The lowest BCUT2D eigenvalue weighted by Crippen LogP contribution is -2.55. The highest BCUT2D eigenvalue weighted by atomic mass is 32.2. The van der Waals surface area contributed by atoms with Crippen LogP contribution in [0.3, 0.4) is 0 Å². The molecule has 1 N–H and O–H groups in total. The fraction of sp³-hybridized carbons (Fsp3) is 0.346. The van der Waals surface area contributed by atoms with Gasteiger partial charge in [0.25, 0.3) is 5.91 Å². The third-order valence-electron chi connectivity index (χ3n) is 6.46. The Kier molecular flexibility index (Phi) is 7.00. The van der Waals surface area contributed by atoms with Gasteiger partial charge in [0.15, 0.2) is 5.17 Å². The number of hydrogen-bond donors (Lipinski definition) is 1. The van der Waals surface area contributed by atoms with Crippen molar-refractivity contribution in [1.82, 2.24) is 20.0 Å². The van der Waals surface area contributed by atoms with Gasteiger partial charge in [0.1, 0.15) is 0 Å². The first-order valence-electron chi connectivity index (χ1n) is 12.0. The van der Waals surface area contributed by atoms with Crippen LogP contribution < -0.4 is 5.32 Å². The number of rotatable bonds is 3. The van der Waals surface area contributed by atoms with Crippen molar-refractivity contribution in [3.63, 3.8) is 0 Å². The molecule has 2 atom stereocenters. The predicted octanol–water partition coefficient (Wildman–Crippen LogP) is 5.77. The molecular formula is C26H23F6N5OS. The van der Waals surface area contributed by atoms with Crippen molar-refractivity contribution in [1.29, 1.82) is 0 Å². The molecule has 1 aromatic heterocycles. The zero-order chi connectivity index (χ0) is 28.1. The maximum atomic E-state index is 13.6. The number of aliphatic imine (C=N–C) groups is 1. The van der Waals surface area contributed by atoms with E-state index in [-0.39, 0.29) is 36.2 Å². The molecule has 3 heterocycles. The summed E-state index contributed by atoms with van der Waals surface area (Å²) < 4.78 is 81.0. The molecule has 1 fully saturated rings. The van der Waals surface area contributed by atoms with E-state index in [2.05, 4.69) is 34.2 Å². The van der Waals surface area contributed by atoms with Gasteiger partial charge in [-0.3, -0.25) is 9.48 Å². The summed E-state index contributed by atoms with van der Waals surface area (Å²) in [6, 6.07) is 7.20. The largest absolute Gasteiger partial charge is 0.416 e. The molecule has 0 bridgehead atoms. The zero-order valence-corrected chi connectivity index (χ0v) is 21.6. The molecular weight excluding hydrogens is 544 g/mol. The molecule has 1 amide bonds. The van der Waals surface area contributed by atoms with Crippen molar-refractivity contribution in [2.75, 3.05) is 13.1 Å². The summed E-state index contributed by atoms with van der Waals surface area (Å²) >= 11 is 1.30. The van der Waals surface area contributed by atoms with Crippen LogP contribution in [0.2, 0.25) is 0 Å². The fourth-order valence-corrected chi connectivity index (χ4v) is 5.74. The van der Waals surface area contributed by atoms with Gasteiger partial charge in [-0.05, 0) is 67.1 Å². The van der Waals surface area contributed by atoms with E-state index in [4.69, 9.17) is 0 Å². The smallest absolute Gasteiger partial charge is 0.348 e.